The minimum absolute atomic E-state index is 0.0311. The summed E-state index contributed by atoms with van der Waals surface area (Å²) in [5, 5.41) is 21.6. The molecule has 8 rings (SSSR count). The summed E-state index contributed by atoms with van der Waals surface area (Å²) in [6.45, 7) is 3.95. The van der Waals surface area contributed by atoms with Gasteiger partial charge in [0.05, 0.1) is 23.7 Å². The lowest BCUT2D eigenvalue weighted by atomic mass is 9.97. The van der Waals surface area contributed by atoms with E-state index >= 15 is 0 Å². The lowest BCUT2D eigenvalue weighted by molar-refractivity contribution is -0.138. The molecule has 49 heavy (non-hydrogen) atoms. The zero-order valence-corrected chi connectivity index (χ0v) is 27.5. The average Bonchev–Trinajstić information content (AvgIpc) is 3.91. The van der Waals surface area contributed by atoms with Crippen molar-refractivity contribution in [2.45, 2.75) is 70.8 Å². The molecule has 252 valence electrons. The van der Waals surface area contributed by atoms with Crippen molar-refractivity contribution in [3.05, 3.63) is 76.6 Å². The first-order valence-corrected chi connectivity index (χ1v) is 16.9. The van der Waals surface area contributed by atoms with E-state index in [1.807, 2.05) is 13.1 Å². The molecule has 0 bridgehead atoms. The van der Waals surface area contributed by atoms with Crippen LogP contribution in [0.4, 0.5) is 24.8 Å². The largest absolute Gasteiger partial charge is 0.416 e. The highest BCUT2D eigenvalue weighted by Gasteiger charge is 2.48. The molecule has 0 radical (unpaired) electrons. The number of hydrogen-bond acceptors (Lipinski definition) is 7. The first kappa shape index (κ1) is 31.5. The number of fused-ring (bicyclic) bond motifs is 1. The second kappa shape index (κ2) is 11.7. The molecule has 2 aromatic heterocycles. The molecule has 4 heterocycles. The minimum atomic E-state index is -4.62. The summed E-state index contributed by atoms with van der Waals surface area (Å²) in [5.74, 6) is 1.45. The Labute approximate surface area is 282 Å². The third-order valence-electron chi connectivity index (χ3n) is 10.6. The number of nitrogens with one attached hydrogen (secondary N) is 1. The second-order valence-electron chi connectivity index (χ2n) is 14.5. The molecule has 1 saturated heterocycles. The normalized spacial score (nSPS) is 18.9. The van der Waals surface area contributed by atoms with Crippen molar-refractivity contribution >= 4 is 17.5 Å². The second-order valence-corrected chi connectivity index (χ2v) is 14.5. The van der Waals surface area contributed by atoms with Crippen LogP contribution in [0.25, 0.3) is 22.5 Å². The molecule has 1 N–H and O–H groups in total. The van der Waals surface area contributed by atoms with Crippen molar-refractivity contribution in [3.8, 4) is 28.6 Å². The number of aryl methyl sites for hydroxylation is 1. The van der Waals surface area contributed by atoms with Gasteiger partial charge in [0, 0.05) is 37.3 Å². The number of pyridine rings is 1. The highest BCUT2D eigenvalue weighted by Crippen LogP contribution is 2.53. The van der Waals surface area contributed by atoms with E-state index < -0.39 is 17.6 Å². The van der Waals surface area contributed by atoms with Crippen LogP contribution < -0.4 is 10.2 Å². The number of benzene rings is 2. The number of anilines is 2. The summed E-state index contributed by atoms with van der Waals surface area (Å²) >= 11 is 0. The van der Waals surface area contributed by atoms with Crippen LogP contribution in [0.3, 0.4) is 0 Å². The van der Waals surface area contributed by atoms with Crippen molar-refractivity contribution in [1.82, 2.24) is 24.6 Å². The van der Waals surface area contributed by atoms with Gasteiger partial charge in [0.2, 0.25) is 0 Å². The van der Waals surface area contributed by atoms with Gasteiger partial charge in [-0.3, -0.25) is 14.6 Å². The number of amides is 1. The molecule has 1 amide bonds. The number of nitrogens with zero attached hydrogens (tertiary/aromatic N) is 7. The van der Waals surface area contributed by atoms with Crippen molar-refractivity contribution in [3.63, 3.8) is 0 Å². The predicted molar refractivity (Wildman–Crippen MR) is 178 cm³/mol. The van der Waals surface area contributed by atoms with Crippen LogP contribution >= 0.6 is 0 Å². The maximum absolute atomic E-state index is 14.6. The first-order chi connectivity index (χ1) is 23.5. The number of alkyl halides is 3. The Morgan fingerprint density at radius 2 is 1.90 bits per heavy atom. The number of rotatable bonds is 9. The number of nitriles is 1. The molecule has 9 nitrogen and oxygen atoms in total. The summed E-state index contributed by atoms with van der Waals surface area (Å²) in [6.07, 6.45) is 3.73. The fraction of sp³-hybridized carbons (Fsp3) is 0.432. The Kier molecular flexibility index (Phi) is 7.52. The molecular weight excluding hydrogens is 629 g/mol. The standard InChI is InChI=1S/C37H37F3N8O/c1-22(11-23-3-4-23)43-32-15-26(28-12-24(17-41)5-6-27(28)34-45-42-21-46(34)2)16-33(44-32)48-19-30-29(35(48)49)13-25(14-31(30)37(38,39)40)18-47-10-9-36(20-47)7-8-36/h5-6,12-16,21-23H,3-4,7-11,18-20H2,1-2H3,(H,43,44). The van der Waals surface area contributed by atoms with Crippen LogP contribution in [-0.4, -0.2) is 49.7 Å². The fourth-order valence-electron chi connectivity index (χ4n) is 7.63. The number of carbonyl (C=O) groups is 1. The molecule has 12 heteroatoms. The number of hydrogen-bond donors (Lipinski definition) is 1. The quantitative estimate of drug-likeness (QED) is 0.202. The third-order valence-corrected chi connectivity index (χ3v) is 10.6. The SMILES string of the molecule is CC(CC1CC1)Nc1cc(-c2cc(C#N)ccc2-c2nncn2C)cc(N2Cc3c(cc(CN4CCC5(CC5)C4)cc3C(F)(F)F)C2=O)n1. The van der Waals surface area contributed by atoms with Gasteiger partial charge in [0.25, 0.3) is 5.91 Å². The number of likely N-dealkylation sites (tertiary alicyclic amines) is 1. The zero-order chi connectivity index (χ0) is 34.1. The summed E-state index contributed by atoms with van der Waals surface area (Å²) in [6, 6.07) is 14.0. The van der Waals surface area contributed by atoms with Crippen LogP contribution in [0.1, 0.15) is 78.1 Å². The van der Waals surface area contributed by atoms with Gasteiger partial charge in [-0.2, -0.15) is 18.4 Å². The molecule has 3 fully saturated rings. The van der Waals surface area contributed by atoms with Crippen LogP contribution in [0.15, 0.2) is 48.8 Å². The molecule has 2 aromatic carbocycles. The van der Waals surface area contributed by atoms with Crippen LogP contribution in [0, 0.1) is 22.7 Å². The topological polar surface area (TPSA) is 103 Å². The number of aromatic nitrogens is 4. The zero-order valence-electron chi connectivity index (χ0n) is 27.5. The Morgan fingerprint density at radius 1 is 1.08 bits per heavy atom. The average molecular weight is 667 g/mol. The highest BCUT2D eigenvalue weighted by molar-refractivity contribution is 6.10. The molecule has 2 saturated carbocycles. The Bertz CT molecular complexity index is 2010. The summed E-state index contributed by atoms with van der Waals surface area (Å²) in [7, 11) is 1.82. The van der Waals surface area contributed by atoms with Crippen molar-refractivity contribution < 1.29 is 18.0 Å². The van der Waals surface area contributed by atoms with Gasteiger partial charge in [-0.25, -0.2) is 4.98 Å². The summed E-state index contributed by atoms with van der Waals surface area (Å²) in [4.78, 5) is 22.5. The van der Waals surface area contributed by atoms with Gasteiger partial charge in [-0.05, 0) is 115 Å². The fourth-order valence-corrected chi connectivity index (χ4v) is 7.63. The van der Waals surface area contributed by atoms with E-state index in [2.05, 4.69) is 33.4 Å². The Hall–Kier alpha value is -4.76. The third kappa shape index (κ3) is 6.16. The van der Waals surface area contributed by atoms with Gasteiger partial charge in [-0.1, -0.05) is 12.8 Å². The predicted octanol–water partition coefficient (Wildman–Crippen LogP) is 7.18. The number of halogens is 3. The van der Waals surface area contributed by atoms with Crippen molar-refractivity contribution in [2.75, 3.05) is 23.3 Å². The minimum Gasteiger partial charge on any atom is -0.368 e. The smallest absolute Gasteiger partial charge is 0.368 e. The van der Waals surface area contributed by atoms with E-state index in [1.54, 1.807) is 41.2 Å². The highest BCUT2D eigenvalue weighted by atomic mass is 19.4. The molecule has 4 aliphatic rings. The van der Waals surface area contributed by atoms with E-state index in [9.17, 15) is 23.2 Å². The molecule has 4 aromatic rings. The Balaban J connectivity index is 1.20. The lowest BCUT2D eigenvalue weighted by Crippen LogP contribution is -2.25. The van der Waals surface area contributed by atoms with Gasteiger partial charge in [0.1, 0.15) is 18.0 Å². The van der Waals surface area contributed by atoms with Crippen molar-refractivity contribution in [2.24, 2.45) is 18.4 Å². The lowest BCUT2D eigenvalue weighted by Gasteiger charge is -2.21. The van der Waals surface area contributed by atoms with E-state index in [0.717, 1.165) is 25.9 Å². The van der Waals surface area contributed by atoms with Crippen LogP contribution in [0.5, 0.6) is 0 Å². The molecule has 1 atom stereocenters. The molecule has 1 unspecified atom stereocenters. The Morgan fingerprint density at radius 3 is 2.57 bits per heavy atom. The molecule has 2 aliphatic carbocycles. The van der Waals surface area contributed by atoms with Crippen molar-refractivity contribution in [1.29, 1.82) is 5.26 Å². The molecular formula is C37H37F3N8O. The summed E-state index contributed by atoms with van der Waals surface area (Å²) in [5.41, 5.74) is 2.55. The molecule has 2 aliphatic heterocycles. The van der Waals surface area contributed by atoms with Crippen LogP contribution in [0.2, 0.25) is 0 Å². The van der Waals surface area contributed by atoms with E-state index in [0.29, 0.717) is 57.3 Å². The number of carbonyl (C=O) groups excluding carboxylic acids is 1. The van der Waals surface area contributed by atoms with E-state index in [4.69, 9.17) is 4.98 Å². The summed E-state index contributed by atoms with van der Waals surface area (Å²) < 4.78 is 45.6. The van der Waals surface area contributed by atoms with Gasteiger partial charge in [0.15, 0.2) is 5.82 Å². The van der Waals surface area contributed by atoms with E-state index in [-0.39, 0.29) is 29.5 Å². The first-order valence-electron chi connectivity index (χ1n) is 16.9. The molecule has 1 spiro atoms. The van der Waals surface area contributed by atoms with Gasteiger partial charge >= 0.3 is 6.18 Å². The van der Waals surface area contributed by atoms with Crippen LogP contribution in [-0.2, 0) is 26.3 Å². The van der Waals surface area contributed by atoms with Gasteiger partial charge in [-0.15, -0.1) is 10.2 Å². The maximum Gasteiger partial charge on any atom is 0.416 e. The maximum atomic E-state index is 14.6. The van der Waals surface area contributed by atoms with Gasteiger partial charge < -0.3 is 9.88 Å². The monoisotopic (exact) mass is 666 g/mol. The van der Waals surface area contributed by atoms with E-state index in [1.165, 1.54) is 36.6 Å².